The lowest BCUT2D eigenvalue weighted by Gasteiger charge is -2.12. The molecular weight excluding hydrogens is 420 g/mol. The zero-order chi connectivity index (χ0) is 21.6. The molecule has 0 aliphatic carbocycles. The molecule has 0 atom stereocenters. The highest BCUT2D eigenvalue weighted by Crippen LogP contribution is 2.21. The molecular formula is C23H23ClN2O3S. The van der Waals surface area contributed by atoms with Gasteiger partial charge in [-0.25, -0.2) is 8.42 Å². The molecule has 5 nitrogen and oxygen atoms in total. The van der Waals surface area contributed by atoms with Crippen molar-refractivity contribution in [2.24, 2.45) is 0 Å². The first-order valence-corrected chi connectivity index (χ1v) is 11.4. The van der Waals surface area contributed by atoms with Gasteiger partial charge in [0.2, 0.25) is 0 Å². The van der Waals surface area contributed by atoms with Crippen molar-refractivity contribution >= 4 is 33.2 Å². The van der Waals surface area contributed by atoms with Crippen molar-refractivity contribution in [2.75, 3.05) is 11.3 Å². The number of carbonyl (C=O) groups is 1. The number of rotatable bonds is 8. The van der Waals surface area contributed by atoms with E-state index in [1.165, 1.54) is 12.1 Å². The lowest BCUT2D eigenvalue weighted by molar-refractivity contribution is 0.0953. The van der Waals surface area contributed by atoms with Gasteiger partial charge in [0.05, 0.1) is 10.6 Å². The summed E-state index contributed by atoms with van der Waals surface area (Å²) in [5.41, 5.74) is 2.54. The van der Waals surface area contributed by atoms with Crippen LogP contribution in [0.1, 0.15) is 27.9 Å². The standard InChI is InChI=1S/C23H23ClN2O3S/c1-17-13-14-19(16-22(17)26-30(28,29)20-10-3-2-4-11-20)23(27)25-15-7-9-18-8-5-6-12-21(18)24/h2-6,8,10-14,16,26H,7,9,15H2,1H3,(H,25,27). The molecule has 3 aromatic carbocycles. The van der Waals surface area contributed by atoms with E-state index < -0.39 is 10.0 Å². The third-order valence-electron chi connectivity index (χ3n) is 4.66. The molecule has 0 saturated heterocycles. The number of aryl methyl sites for hydroxylation is 2. The minimum absolute atomic E-state index is 0.166. The third kappa shape index (κ3) is 5.62. The van der Waals surface area contributed by atoms with Gasteiger partial charge in [-0.05, 0) is 61.2 Å². The monoisotopic (exact) mass is 442 g/mol. The van der Waals surface area contributed by atoms with Crippen LogP contribution in [0.4, 0.5) is 5.69 Å². The number of sulfonamides is 1. The van der Waals surface area contributed by atoms with Crippen LogP contribution in [0.15, 0.2) is 77.7 Å². The van der Waals surface area contributed by atoms with E-state index >= 15 is 0 Å². The number of benzene rings is 3. The van der Waals surface area contributed by atoms with Crippen LogP contribution < -0.4 is 10.0 Å². The second kappa shape index (κ2) is 9.78. The van der Waals surface area contributed by atoms with Gasteiger partial charge in [-0.15, -0.1) is 0 Å². The maximum Gasteiger partial charge on any atom is 0.261 e. The Bertz CT molecular complexity index is 1130. The van der Waals surface area contributed by atoms with Crippen LogP contribution in [-0.2, 0) is 16.4 Å². The van der Waals surface area contributed by atoms with Gasteiger partial charge in [0.1, 0.15) is 0 Å². The first-order chi connectivity index (χ1) is 14.4. The fourth-order valence-corrected chi connectivity index (χ4v) is 4.33. The normalized spacial score (nSPS) is 11.1. The molecule has 0 aliphatic rings. The van der Waals surface area contributed by atoms with Crippen molar-refractivity contribution in [3.63, 3.8) is 0 Å². The SMILES string of the molecule is Cc1ccc(C(=O)NCCCc2ccccc2Cl)cc1NS(=O)(=O)c1ccccc1. The molecule has 156 valence electrons. The van der Waals surface area contributed by atoms with Gasteiger partial charge in [-0.3, -0.25) is 9.52 Å². The van der Waals surface area contributed by atoms with Crippen molar-refractivity contribution in [1.82, 2.24) is 5.32 Å². The summed E-state index contributed by atoms with van der Waals surface area (Å²) in [7, 11) is -3.73. The second-order valence-corrected chi connectivity index (χ2v) is 8.99. The van der Waals surface area contributed by atoms with E-state index in [1.54, 1.807) is 43.3 Å². The molecule has 1 amide bonds. The number of amides is 1. The molecule has 0 aromatic heterocycles. The Labute approximate surface area is 182 Å². The summed E-state index contributed by atoms with van der Waals surface area (Å²) >= 11 is 6.15. The molecule has 0 saturated carbocycles. The van der Waals surface area contributed by atoms with E-state index in [9.17, 15) is 13.2 Å². The minimum Gasteiger partial charge on any atom is -0.352 e. The average molecular weight is 443 g/mol. The third-order valence-corrected chi connectivity index (χ3v) is 6.41. The summed E-state index contributed by atoms with van der Waals surface area (Å²) in [5, 5.41) is 3.59. The van der Waals surface area contributed by atoms with Crippen LogP contribution in [0.2, 0.25) is 5.02 Å². The molecule has 0 radical (unpaired) electrons. The Morgan fingerprint density at radius 3 is 2.40 bits per heavy atom. The summed E-state index contributed by atoms with van der Waals surface area (Å²) in [6.45, 7) is 2.27. The van der Waals surface area contributed by atoms with Crippen LogP contribution in [0, 0.1) is 6.92 Å². The zero-order valence-corrected chi connectivity index (χ0v) is 18.1. The summed E-state index contributed by atoms with van der Waals surface area (Å²) in [4.78, 5) is 12.7. The lowest BCUT2D eigenvalue weighted by Crippen LogP contribution is -2.25. The smallest absolute Gasteiger partial charge is 0.261 e. The van der Waals surface area contributed by atoms with Gasteiger partial charge in [-0.2, -0.15) is 0 Å². The van der Waals surface area contributed by atoms with E-state index in [1.807, 2.05) is 24.3 Å². The Morgan fingerprint density at radius 1 is 0.967 bits per heavy atom. The maximum absolute atomic E-state index is 12.6. The van der Waals surface area contributed by atoms with Gasteiger partial charge in [0, 0.05) is 17.1 Å². The van der Waals surface area contributed by atoms with Gasteiger partial charge >= 0.3 is 0 Å². The van der Waals surface area contributed by atoms with Gasteiger partial charge in [0.25, 0.3) is 15.9 Å². The first kappa shape index (κ1) is 21.9. The minimum atomic E-state index is -3.73. The summed E-state index contributed by atoms with van der Waals surface area (Å²) in [6.07, 6.45) is 1.50. The molecule has 2 N–H and O–H groups in total. The van der Waals surface area contributed by atoms with Gasteiger partial charge in [0.15, 0.2) is 0 Å². The van der Waals surface area contributed by atoms with E-state index in [0.717, 1.165) is 29.0 Å². The predicted molar refractivity (Wildman–Crippen MR) is 121 cm³/mol. The number of hydrogen-bond donors (Lipinski definition) is 2. The highest BCUT2D eigenvalue weighted by atomic mass is 35.5. The van der Waals surface area contributed by atoms with Crippen LogP contribution >= 0.6 is 11.6 Å². The van der Waals surface area contributed by atoms with Crippen LogP contribution in [0.3, 0.4) is 0 Å². The van der Waals surface area contributed by atoms with Gasteiger partial charge < -0.3 is 5.32 Å². The molecule has 30 heavy (non-hydrogen) atoms. The average Bonchev–Trinajstić information content (AvgIpc) is 2.74. The number of halogens is 1. The Hall–Kier alpha value is -2.83. The Kier molecular flexibility index (Phi) is 7.13. The molecule has 0 fully saturated rings. The van der Waals surface area contributed by atoms with Gasteiger partial charge in [-0.1, -0.05) is 54.1 Å². The predicted octanol–water partition coefficient (Wildman–Crippen LogP) is 4.81. The largest absolute Gasteiger partial charge is 0.352 e. The summed E-state index contributed by atoms with van der Waals surface area (Å²) < 4.78 is 27.7. The quantitative estimate of drug-likeness (QED) is 0.491. The molecule has 0 unspecified atom stereocenters. The first-order valence-electron chi connectivity index (χ1n) is 9.57. The summed E-state index contributed by atoms with van der Waals surface area (Å²) in [6, 6.07) is 20.7. The number of nitrogens with one attached hydrogen (secondary N) is 2. The second-order valence-electron chi connectivity index (χ2n) is 6.90. The van der Waals surface area contributed by atoms with E-state index in [-0.39, 0.29) is 10.8 Å². The van der Waals surface area contributed by atoms with E-state index in [0.29, 0.717) is 17.8 Å². The zero-order valence-electron chi connectivity index (χ0n) is 16.6. The Morgan fingerprint density at radius 2 is 1.67 bits per heavy atom. The molecule has 0 heterocycles. The fourth-order valence-electron chi connectivity index (χ4n) is 2.96. The highest BCUT2D eigenvalue weighted by molar-refractivity contribution is 7.92. The van der Waals surface area contributed by atoms with Crippen LogP contribution in [0.25, 0.3) is 0 Å². The van der Waals surface area contributed by atoms with Crippen LogP contribution in [0.5, 0.6) is 0 Å². The van der Waals surface area contributed by atoms with E-state index in [4.69, 9.17) is 11.6 Å². The van der Waals surface area contributed by atoms with Crippen molar-refractivity contribution in [2.45, 2.75) is 24.7 Å². The van der Waals surface area contributed by atoms with E-state index in [2.05, 4.69) is 10.0 Å². The molecule has 3 rings (SSSR count). The highest BCUT2D eigenvalue weighted by Gasteiger charge is 2.16. The molecule has 0 bridgehead atoms. The fraction of sp³-hybridized carbons (Fsp3) is 0.174. The number of hydrogen-bond acceptors (Lipinski definition) is 3. The molecule has 0 spiro atoms. The maximum atomic E-state index is 12.6. The number of anilines is 1. The van der Waals surface area contributed by atoms with Crippen LogP contribution in [-0.4, -0.2) is 20.9 Å². The summed E-state index contributed by atoms with van der Waals surface area (Å²) in [5.74, 6) is -0.255. The molecule has 7 heteroatoms. The lowest BCUT2D eigenvalue weighted by atomic mass is 10.1. The topological polar surface area (TPSA) is 75.3 Å². The Balaban J connectivity index is 1.63. The van der Waals surface area contributed by atoms with Crippen molar-refractivity contribution in [1.29, 1.82) is 0 Å². The number of carbonyl (C=O) groups excluding carboxylic acids is 1. The molecule has 0 aliphatic heterocycles. The van der Waals surface area contributed by atoms with Crippen molar-refractivity contribution < 1.29 is 13.2 Å². The molecule has 3 aromatic rings. The van der Waals surface area contributed by atoms with Crippen molar-refractivity contribution in [3.05, 3.63) is 94.5 Å². The van der Waals surface area contributed by atoms with Crippen molar-refractivity contribution in [3.8, 4) is 0 Å².